The van der Waals surface area contributed by atoms with Crippen LogP contribution in [0.15, 0.2) is 5.16 Å². The maximum absolute atomic E-state index is 12.4. The summed E-state index contributed by atoms with van der Waals surface area (Å²) in [5, 5.41) is 13.0. The van der Waals surface area contributed by atoms with Gasteiger partial charge in [-0.3, -0.25) is 0 Å². The summed E-state index contributed by atoms with van der Waals surface area (Å²) in [6, 6.07) is 0. The lowest BCUT2D eigenvalue weighted by Crippen LogP contribution is -2.43. The second kappa shape index (κ2) is 6.78. The Morgan fingerprint density at radius 1 is 1.50 bits per heavy atom. The van der Waals surface area contributed by atoms with E-state index in [0.717, 1.165) is 6.26 Å². The van der Waals surface area contributed by atoms with E-state index in [1.807, 2.05) is 0 Å². The van der Waals surface area contributed by atoms with Gasteiger partial charge in [0.2, 0.25) is 0 Å². The minimum Gasteiger partial charge on any atom is -0.409 e. The molecule has 0 saturated heterocycles. The van der Waals surface area contributed by atoms with E-state index >= 15 is 0 Å². The van der Waals surface area contributed by atoms with Crippen LogP contribution in [0.4, 0.5) is 13.2 Å². The van der Waals surface area contributed by atoms with Crippen molar-refractivity contribution in [3.05, 3.63) is 0 Å². The second-order valence-corrected chi connectivity index (χ2v) is 6.07. The first kappa shape index (κ1) is 17.0. The largest absolute Gasteiger partial charge is 0.409 e. The number of nitrogens with two attached hydrogens (primary N) is 1. The molecule has 108 valence electrons. The Balaban J connectivity index is 4.15. The molecule has 1 unspecified atom stereocenters. The molecule has 0 saturated carbocycles. The minimum atomic E-state index is -4.62. The van der Waals surface area contributed by atoms with Crippen molar-refractivity contribution in [3.8, 4) is 0 Å². The Hall–Kier alpha value is -1.03. The summed E-state index contributed by atoms with van der Waals surface area (Å²) < 4.78 is 58.9. The number of rotatable bonds is 7. The molecule has 0 rings (SSSR count). The van der Waals surface area contributed by atoms with Crippen LogP contribution in [0.1, 0.15) is 6.42 Å². The molecule has 0 bridgehead atoms. The van der Waals surface area contributed by atoms with Crippen LogP contribution in [-0.4, -0.2) is 50.7 Å². The summed E-state index contributed by atoms with van der Waals surface area (Å²) in [5.41, 5.74) is 4.93. The monoisotopic (exact) mass is 291 g/mol. The Kier molecular flexibility index (Phi) is 6.39. The molecule has 0 aliphatic rings. The number of halogens is 3. The Bertz CT molecular complexity index is 381. The van der Waals surface area contributed by atoms with Gasteiger partial charge in [-0.2, -0.15) is 13.2 Å². The fourth-order valence-corrected chi connectivity index (χ4v) is 1.83. The molecule has 0 aromatic rings. The van der Waals surface area contributed by atoms with Gasteiger partial charge in [-0.1, -0.05) is 5.16 Å². The molecule has 6 nitrogen and oxygen atoms in total. The van der Waals surface area contributed by atoms with Gasteiger partial charge in [-0.05, 0) is 13.0 Å². The Morgan fingerprint density at radius 2 is 2.06 bits per heavy atom. The molecule has 1 atom stereocenters. The number of nitrogens with one attached hydrogen (secondary N) is 1. The van der Waals surface area contributed by atoms with Crippen molar-refractivity contribution in [3.63, 3.8) is 0 Å². The van der Waals surface area contributed by atoms with Crippen molar-refractivity contribution in [1.29, 1.82) is 0 Å². The van der Waals surface area contributed by atoms with E-state index in [4.69, 9.17) is 10.9 Å². The third kappa shape index (κ3) is 7.33. The van der Waals surface area contributed by atoms with Gasteiger partial charge in [0.15, 0.2) is 5.84 Å². The zero-order valence-electron chi connectivity index (χ0n) is 9.74. The fourth-order valence-electron chi connectivity index (χ4n) is 1.16. The minimum absolute atomic E-state index is 0.0956. The lowest BCUT2D eigenvalue weighted by Gasteiger charge is -2.19. The highest BCUT2D eigenvalue weighted by atomic mass is 32.2. The molecular weight excluding hydrogens is 275 g/mol. The van der Waals surface area contributed by atoms with Crippen LogP contribution in [0.25, 0.3) is 0 Å². The third-order valence-corrected chi connectivity index (χ3v) is 3.12. The van der Waals surface area contributed by atoms with Crippen LogP contribution in [0.5, 0.6) is 0 Å². The van der Waals surface area contributed by atoms with Gasteiger partial charge < -0.3 is 16.3 Å². The van der Waals surface area contributed by atoms with Crippen molar-refractivity contribution < 1.29 is 26.8 Å². The summed E-state index contributed by atoms with van der Waals surface area (Å²) in [6.45, 7) is -0.471. The van der Waals surface area contributed by atoms with E-state index in [9.17, 15) is 21.6 Å². The Morgan fingerprint density at radius 3 is 2.44 bits per heavy atom. The van der Waals surface area contributed by atoms with Crippen molar-refractivity contribution >= 4 is 15.7 Å². The predicted octanol–water partition coefficient (Wildman–Crippen LogP) is -0.0644. The van der Waals surface area contributed by atoms with Crippen molar-refractivity contribution in [1.82, 2.24) is 5.32 Å². The molecule has 0 amide bonds. The molecule has 0 heterocycles. The molecule has 10 heteroatoms. The molecule has 0 spiro atoms. The van der Waals surface area contributed by atoms with E-state index < -0.39 is 34.3 Å². The number of alkyl halides is 3. The molecular formula is C8H16F3N3O3S. The van der Waals surface area contributed by atoms with Gasteiger partial charge in [0.1, 0.15) is 15.8 Å². The van der Waals surface area contributed by atoms with Crippen LogP contribution >= 0.6 is 0 Å². The highest BCUT2D eigenvalue weighted by Gasteiger charge is 2.42. The highest BCUT2D eigenvalue weighted by Crippen LogP contribution is 2.25. The molecule has 0 aromatic heterocycles. The maximum atomic E-state index is 12.4. The predicted molar refractivity (Wildman–Crippen MR) is 60.2 cm³/mol. The van der Waals surface area contributed by atoms with Crippen molar-refractivity contribution in [2.45, 2.75) is 12.6 Å². The SMILES string of the molecule is CS(=O)(=O)CCCNCC(C(N)=NO)C(F)(F)F. The standard InChI is InChI=1S/C8H16F3N3O3S/c1-18(16,17)4-2-3-13-5-6(7(12)14-15)8(9,10)11/h6,13,15H,2-5H2,1H3,(H2,12,14). The second-order valence-electron chi connectivity index (χ2n) is 3.81. The van der Waals surface area contributed by atoms with Gasteiger partial charge in [-0.15, -0.1) is 0 Å². The summed E-state index contributed by atoms with van der Waals surface area (Å²) in [6.07, 6.45) is -3.39. The first-order valence-electron chi connectivity index (χ1n) is 5.00. The molecule has 0 aliphatic heterocycles. The average molecular weight is 291 g/mol. The number of nitrogens with zero attached hydrogens (tertiary/aromatic N) is 1. The van der Waals surface area contributed by atoms with Gasteiger partial charge in [-0.25, -0.2) is 8.42 Å². The van der Waals surface area contributed by atoms with Gasteiger partial charge in [0.05, 0.1) is 5.75 Å². The van der Waals surface area contributed by atoms with E-state index in [1.165, 1.54) is 0 Å². The first-order valence-corrected chi connectivity index (χ1v) is 7.06. The quantitative estimate of drug-likeness (QED) is 0.200. The topological polar surface area (TPSA) is 105 Å². The van der Waals surface area contributed by atoms with Crippen molar-refractivity contribution in [2.24, 2.45) is 16.8 Å². The van der Waals surface area contributed by atoms with Gasteiger partial charge in [0.25, 0.3) is 0 Å². The fraction of sp³-hybridized carbons (Fsp3) is 0.875. The normalized spacial score (nSPS) is 15.7. The number of sulfone groups is 1. The van der Waals surface area contributed by atoms with Crippen LogP contribution in [0.2, 0.25) is 0 Å². The van der Waals surface area contributed by atoms with E-state index in [-0.39, 0.29) is 18.7 Å². The molecule has 0 aromatic carbocycles. The first-order chi connectivity index (χ1) is 8.08. The van der Waals surface area contributed by atoms with E-state index in [2.05, 4.69) is 10.5 Å². The average Bonchev–Trinajstić information content (AvgIpc) is 2.18. The van der Waals surface area contributed by atoms with Crippen LogP contribution in [0, 0.1) is 5.92 Å². The van der Waals surface area contributed by atoms with E-state index in [0.29, 0.717) is 0 Å². The zero-order valence-corrected chi connectivity index (χ0v) is 10.6. The summed E-state index contributed by atoms with van der Waals surface area (Å²) in [4.78, 5) is 0. The number of oxime groups is 1. The third-order valence-electron chi connectivity index (χ3n) is 2.08. The molecule has 4 N–H and O–H groups in total. The molecule has 0 aliphatic carbocycles. The van der Waals surface area contributed by atoms with Crippen LogP contribution in [-0.2, 0) is 9.84 Å². The maximum Gasteiger partial charge on any atom is 0.400 e. The van der Waals surface area contributed by atoms with Crippen LogP contribution in [0.3, 0.4) is 0 Å². The van der Waals surface area contributed by atoms with Crippen LogP contribution < -0.4 is 11.1 Å². The summed E-state index contributed by atoms with van der Waals surface area (Å²) >= 11 is 0. The van der Waals surface area contributed by atoms with Gasteiger partial charge in [0, 0.05) is 12.8 Å². The molecule has 0 fully saturated rings. The number of hydrogen-bond donors (Lipinski definition) is 3. The smallest absolute Gasteiger partial charge is 0.400 e. The molecule has 18 heavy (non-hydrogen) atoms. The summed E-state index contributed by atoms with van der Waals surface area (Å²) in [5.74, 6) is -3.14. The molecule has 0 radical (unpaired) electrons. The zero-order chi connectivity index (χ0) is 14.4. The Labute approximate surface area is 103 Å². The highest BCUT2D eigenvalue weighted by molar-refractivity contribution is 7.90. The summed E-state index contributed by atoms with van der Waals surface area (Å²) in [7, 11) is -3.12. The van der Waals surface area contributed by atoms with E-state index in [1.54, 1.807) is 0 Å². The number of hydrogen-bond acceptors (Lipinski definition) is 5. The van der Waals surface area contributed by atoms with Gasteiger partial charge >= 0.3 is 6.18 Å². The lowest BCUT2D eigenvalue weighted by atomic mass is 10.1. The number of amidine groups is 1. The lowest BCUT2D eigenvalue weighted by molar-refractivity contribution is -0.154. The van der Waals surface area contributed by atoms with Crippen molar-refractivity contribution in [2.75, 3.05) is 25.1 Å².